The molecule has 1 saturated heterocycles. The van der Waals surface area contributed by atoms with E-state index in [2.05, 4.69) is 28.6 Å². The Morgan fingerprint density at radius 3 is 2.92 bits per heavy atom. The molecule has 2 fully saturated rings. The van der Waals surface area contributed by atoms with E-state index < -0.39 is 0 Å². The van der Waals surface area contributed by atoms with E-state index in [9.17, 15) is 4.79 Å². The summed E-state index contributed by atoms with van der Waals surface area (Å²) in [5.41, 5.74) is 0.815. The van der Waals surface area contributed by atoms with Gasteiger partial charge in [0.25, 0.3) is 5.91 Å². The second-order valence-electron chi connectivity index (χ2n) is 7.70. The molecule has 1 aliphatic carbocycles. The van der Waals surface area contributed by atoms with Crippen molar-refractivity contribution in [3.63, 3.8) is 0 Å². The fourth-order valence-electron chi connectivity index (χ4n) is 4.25. The van der Waals surface area contributed by atoms with Gasteiger partial charge in [-0.15, -0.1) is 10.2 Å². The van der Waals surface area contributed by atoms with E-state index in [0.717, 1.165) is 25.5 Å². The SMILES string of the molecule is CC(C)Cn1cnnc1C1CN(C(=O)c2ccoc2)CC12CCC2. The summed E-state index contributed by atoms with van der Waals surface area (Å²) < 4.78 is 7.26. The lowest BCUT2D eigenvalue weighted by molar-refractivity contribution is 0.0722. The predicted molar refractivity (Wildman–Crippen MR) is 88.5 cm³/mol. The molecule has 1 aliphatic heterocycles. The molecular weight excluding hydrogens is 304 g/mol. The topological polar surface area (TPSA) is 64.2 Å². The first-order valence-corrected chi connectivity index (χ1v) is 8.78. The van der Waals surface area contributed by atoms with Gasteiger partial charge in [-0.25, -0.2) is 0 Å². The maximum absolute atomic E-state index is 12.7. The average Bonchev–Trinajstić information content (AvgIpc) is 3.23. The third-order valence-electron chi connectivity index (χ3n) is 5.57. The molecular formula is C18H24N4O2. The van der Waals surface area contributed by atoms with Gasteiger partial charge >= 0.3 is 0 Å². The van der Waals surface area contributed by atoms with Crippen LogP contribution >= 0.6 is 0 Å². The Balaban J connectivity index is 1.61. The van der Waals surface area contributed by atoms with Crippen molar-refractivity contribution in [1.29, 1.82) is 0 Å². The Hall–Kier alpha value is -2.11. The number of nitrogens with zero attached hydrogens (tertiary/aromatic N) is 4. The minimum atomic E-state index is 0.0625. The van der Waals surface area contributed by atoms with Gasteiger partial charge in [0.05, 0.1) is 11.8 Å². The number of hydrogen-bond acceptors (Lipinski definition) is 4. The molecule has 0 bridgehead atoms. The van der Waals surface area contributed by atoms with Crippen LogP contribution in [0.5, 0.6) is 0 Å². The van der Waals surface area contributed by atoms with Crippen LogP contribution in [0.2, 0.25) is 0 Å². The van der Waals surface area contributed by atoms with Crippen LogP contribution in [0.3, 0.4) is 0 Å². The first-order chi connectivity index (χ1) is 11.6. The molecule has 0 radical (unpaired) electrons. The number of aromatic nitrogens is 3. The van der Waals surface area contributed by atoms with E-state index in [1.807, 2.05) is 11.2 Å². The van der Waals surface area contributed by atoms with Gasteiger partial charge < -0.3 is 13.9 Å². The summed E-state index contributed by atoms with van der Waals surface area (Å²) in [6.45, 7) is 6.86. The molecule has 2 aromatic rings. The maximum atomic E-state index is 12.7. The Labute approximate surface area is 141 Å². The van der Waals surface area contributed by atoms with Gasteiger partial charge in [-0.2, -0.15) is 0 Å². The van der Waals surface area contributed by atoms with E-state index in [1.54, 1.807) is 12.3 Å². The van der Waals surface area contributed by atoms with Crippen LogP contribution in [-0.2, 0) is 6.54 Å². The van der Waals surface area contributed by atoms with Crippen LogP contribution in [0.25, 0.3) is 0 Å². The normalized spacial score (nSPS) is 22.3. The lowest BCUT2D eigenvalue weighted by Crippen LogP contribution is -2.38. The highest BCUT2D eigenvalue weighted by atomic mass is 16.3. The molecule has 6 heteroatoms. The Morgan fingerprint density at radius 1 is 1.46 bits per heavy atom. The molecule has 0 aromatic carbocycles. The number of likely N-dealkylation sites (tertiary alicyclic amines) is 1. The summed E-state index contributed by atoms with van der Waals surface area (Å²) in [6, 6.07) is 1.74. The van der Waals surface area contributed by atoms with Crippen molar-refractivity contribution >= 4 is 5.91 Å². The van der Waals surface area contributed by atoms with Crippen LogP contribution in [0.1, 0.15) is 55.2 Å². The summed E-state index contributed by atoms with van der Waals surface area (Å²) >= 11 is 0. The molecule has 2 aromatic heterocycles. The van der Waals surface area contributed by atoms with Gasteiger partial charge in [-0.05, 0) is 30.2 Å². The van der Waals surface area contributed by atoms with Crippen LogP contribution in [0.4, 0.5) is 0 Å². The van der Waals surface area contributed by atoms with Crippen molar-refractivity contribution in [3.8, 4) is 0 Å². The van der Waals surface area contributed by atoms with Gasteiger partial charge in [-0.1, -0.05) is 20.3 Å². The molecule has 4 rings (SSSR count). The molecule has 1 amide bonds. The third-order valence-corrected chi connectivity index (χ3v) is 5.57. The zero-order valence-electron chi connectivity index (χ0n) is 14.3. The smallest absolute Gasteiger partial charge is 0.257 e. The molecule has 24 heavy (non-hydrogen) atoms. The minimum absolute atomic E-state index is 0.0625. The van der Waals surface area contributed by atoms with Crippen LogP contribution in [0.15, 0.2) is 29.3 Å². The van der Waals surface area contributed by atoms with Gasteiger partial charge in [-0.3, -0.25) is 4.79 Å². The fourth-order valence-corrected chi connectivity index (χ4v) is 4.25. The number of carbonyl (C=O) groups excluding carboxylic acids is 1. The largest absolute Gasteiger partial charge is 0.472 e. The van der Waals surface area contributed by atoms with Crippen LogP contribution in [0, 0.1) is 11.3 Å². The number of furan rings is 1. The van der Waals surface area contributed by atoms with Crippen molar-refractivity contribution in [3.05, 3.63) is 36.3 Å². The molecule has 3 heterocycles. The standard InChI is InChI=1S/C18H24N4O2/c1-13(2)8-22-12-19-20-16(22)15-9-21(11-18(15)5-3-6-18)17(23)14-4-7-24-10-14/h4,7,10,12-13,15H,3,5-6,8-9,11H2,1-2H3. The summed E-state index contributed by atoms with van der Waals surface area (Å²) in [4.78, 5) is 14.7. The molecule has 1 saturated carbocycles. The first kappa shape index (κ1) is 15.4. The van der Waals surface area contributed by atoms with E-state index in [1.165, 1.54) is 25.5 Å². The molecule has 2 aliphatic rings. The van der Waals surface area contributed by atoms with Gasteiger partial charge in [0.1, 0.15) is 18.4 Å². The molecule has 1 unspecified atom stereocenters. The number of rotatable bonds is 4. The van der Waals surface area contributed by atoms with Crippen molar-refractivity contribution in [2.75, 3.05) is 13.1 Å². The quantitative estimate of drug-likeness (QED) is 0.865. The monoisotopic (exact) mass is 328 g/mol. The second kappa shape index (κ2) is 5.76. The minimum Gasteiger partial charge on any atom is -0.472 e. The summed E-state index contributed by atoms with van der Waals surface area (Å²) in [5, 5.41) is 8.60. The highest BCUT2D eigenvalue weighted by Gasteiger charge is 2.53. The van der Waals surface area contributed by atoms with Crippen LogP contribution < -0.4 is 0 Å². The Bertz CT molecular complexity index is 715. The van der Waals surface area contributed by atoms with E-state index >= 15 is 0 Å². The molecule has 0 N–H and O–H groups in total. The van der Waals surface area contributed by atoms with Gasteiger partial charge in [0.15, 0.2) is 0 Å². The number of hydrogen-bond donors (Lipinski definition) is 0. The summed E-state index contributed by atoms with van der Waals surface area (Å²) in [6.07, 6.45) is 8.50. The molecule has 1 atom stereocenters. The average molecular weight is 328 g/mol. The van der Waals surface area contributed by atoms with E-state index in [4.69, 9.17) is 4.42 Å². The summed E-state index contributed by atoms with van der Waals surface area (Å²) in [5.74, 6) is 1.93. The van der Waals surface area contributed by atoms with Gasteiger partial charge in [0.2, 0.25) is 0 Å². The van der Waals surface area contributed by atoms with Crippen molar-refractivity contribution in [1.82, 2.24) is 19.7 Å². The maximum Gasteiger partial charge on any atom is 0.257 e. The Kier molecular flexibility index (Phi) is 3.70. The molecule has 6 nitrogen and oxygen atoms in total. The Morgan fingerprint density at radius 2 is 2.29 bits per heavy atom. The number of carbonyl (C=O) groups is 1. The highest BCUT2D eigenvalue weighted by molar-refractivity contribution is 5.94. The molecule has 1 spiro atoms. The molecule has 128 valence electrons. The third kappa shape index (κ3) is 2.44. The summed E-state index contributed by atoms with van der Waals surface area (Å²) in [7, 11) is 0. The van der Waals surface area contributed by atoms with Crippen molar-refractivity contribution in [2.45, 2.75) is 45.6 Å². The second-order valence-corrected chi connectivity index (χ2v) is 7.70. The lowest BCUT2D eigenvalue weighted by Gasteiger charge is -2.42. The highest BCUT2D eigenvalue weighted by Crippen LogP contribution is 2.55. The zero-order valence-corrected chi connectivity index (χ0v) is 14.3. The van der Waals surface area contributed by atoms with E-state index in [-0.39, 0.29) is 17.2 Å². The fraction of sp³-hybridized carbons (Fsp3) is 0.611. The van der Waals surface area contributed by atoms with Gasteiger partial charge in [0, 0.05) is 25.6 Å². The first-order valence-electron chi connectivity index (χ1n) is 8.78. The number of amides is 1. The van der Waals surface area contributed by atoms with Crippen LogP contribution in [-0.4, -0.2) is 38.7 Å². The van der Waals surface area contributed by atoms with Crippen molar-refractivity contribution in [2.24, 2.45) is 11.3 Å². The lowest BCUT2D eigenvalue weighted by atomic mass is 9.62. The predicted octanol–water partition coefficient (Wildman–Crippen LogP) is 2.94. The zero-order chi connectivity index (χ0) is 16.7. The van der Waals surface area contributed by atoms with E-state index in [0.29, 0.717) is 11.5 Å². The van der Waals surface area contributed by atoms with Crippen molar-refractivity contribution < 1.29 is 9.21 Å².